The van der Waals surface area contributed by atoms with Crippen LogP contribution in [0, 0.1) is 6.92 Å². The van der Waals surface area contributed by atoms with E-state index in [1.54, 1.807) is 62.4 Å². The predicted octanol–water partition coefficient (Wildman–Crippen LogP) is 6.87. The zero-order chi connectivity index (χ0) is 30.5. The molecule has 11 heteroatoms. The number of nitrogens with one attached hydrogen (secondary N) is 1. The molecule has 0 aliphatic heterocycles. The first-order valence-electron chi connectivity index (χ1n) is 13.0. The minimum atomic E-state index is -4.21. The average molecular weight is 639 g/mol. The second-order valence-corrected chi connectivity index (χ2v) is 13.8. The maximum Gasteiger partial charge on any atom is 0.264 e. The van der Waals surface area contributed by atoms with Gasteiger partial charge in [-0.2, -0.15) is 0 Å². The molecule has 7 nitrogen and oxygen atoms in total. The Kier molecular flexibility index (Phi) is 10.7. The number of benzene rings is 3. The quantitative estimate of drug-likeness (QED) is 0.263. The highest BCUT2D eigenvalue weighted by atomic mass is 35.5. The van der Waals surface area contributed by atoms with Crippen molar-refractivity contribution in [1.82, 2.24) is 10.2 Å². The predicted molar refractivity (Wildman–Crippen MR) is 166 cm³/mol. The summed E-state index contributed by atoms with van der Waals surface area (Å²) in [4.78, 5) is 29.0. The van der Waals surface area contributed by atoms with E-state index < -0.39 is 34.1 Å². The highest BCUT2D eigenvalue weighted by molar-refractivity contribution is 7.92. The zero-order valence-electron chi connectivity index (χ0n) is 23.6. The van der Waals surface area contributed by atoms with Crippen LogP contribution >= 0.6 is 34.8 Å². The molecule has 3 aromatic carbocycles. The second kappa shape index (κ2) is 13.5. The summed E-state index contributed by atoms with van der Waals surface area (Å²) >= 11 is 18.8. The van der Waals surface area contributed by atoms with E-state index in [4.69, 9.17) is 34.8 Å². The number of aryl methyl sites for hydroxylation is 1. The van der Waals surface area contributed by atoms with Crippen molar-refractivity contribution in [2.45, 2.75) is 64.1 Å². The molecule has 0 fully saturated rings. The van der Waals surface area contributed by atoms with Gasteiger partial charge in [0.2, 0.25) is 11.8 Å². The first kappa shape index (κ1) is 32.7. The van der Waals surface area contributed by atoms with E-state index in [1.807, 2.05) is 20.8 Å². The number of carbonyl (C=O) groups excluding carboxylic acids is 2. The molecule has 0 aliphatic rings. The summed E-state index contributed by atoms with van der Waals surface area (Å²) in [5, 5.41) is 3.99. The lowest BCUT2D eigenvalue weighted by Gasteiger charge is -2.35. The number of hydrogen-bond donors (Lipinski definition) is 1. The molecular weight excluding hydrogens is 605 g/mol. The SMILES string of the molecule is CC[C@H](C(=O)NC(C)(C)C)N(Cc1ccc(Cl)cc1Cl)C(=O)CN(c1cc(Cl)ccc1C)S(=O)(=O)c1ccccc1. The summed E-state index contributed by atoms with van der Waals surface area (Å²) < 4.78 is 29.0. The molecule has 41 heavy (non-hydrogen) atoms. The maximum atomic E-state index is 14.2. The van der Waals surface area contributed by atoms with Crippen molar-refractivity contribution in [2.75, 3.05) is 10.8 Å². The number of anilines is 1. The fraction of sp³-hybridized carbons (Fsp3) is 0.333. The smallest absolute Gasteiger partial charge is 0.264 e. The first-order valence-corrected chi connectivity index (χ1v) is 15.6. The topological polar surface area (TPSA) is 86.8 Å². The summed E-state index contributed by atoms with van der Waals surface area (Å²) in [6.45, 7) is 8.43. The van der Waals surface area contributed by atoms with Crippen molar-refractivity contribution in [2.24, 2.45) is 0 Å². The van der Waals surface area contributed by atoms with Gasteiger partial charge in [0.1, 0.15) is 12.6 Å². The lowest BCUT2D eigenvalue weighted by atomic mass is 10.1. The van der Waals surface area contributed by atoms with E-state index in [-0.39, 0.29) is 29.5 Å². The normalized spacial score (nSPS) is 12.5. The molecule has 0 saturated carbocycles. The molecule has 0 heterocycles. The third-order valence-electron chi connectivity index (χ3n) is 6.29. The van der Waals surface area contributed by atoms with E-state index in [0.717, 1.165) is 4.31 Å². The Morgan fingerprint density at radius 1 is 0.927 bits per heavy atom. The Labute approximate surface area is 257 Å². The molecule has 0 unspecified atom stereocenters. The zero-order valence-corrected chi connectivity index (χ0v) is 26.7. The summed E-state index contributed by atoms with van der Waals surface area (Å²) in [5.74, 6) is -0.958. The summed E-state index contributed by atoms with van der Waals surface area (Å²) in [6.07, 6.45) is 0.278. The Morgan fingerprint density at radius 2 is 1.54 bits per heavy atom. The van der Waals surface area contributed by atoms with Gasteiger partial charge in [-0.15, -0.1) is 0 Å². The van der Waals surface area contributed by atoms with Crippen molar-refractivity contribution in [3.05, 3.63) is 92.9 Å². The van der Waals surface area contributed by atoms with Gasteiger partial charge in [0, 0.05) is 27.2 Å². The van der Waals surface area contributed by atoms with Crippen molar-refractivity contribution in [1.29, 1.82) is 0 Å². The molecule has 0 aliphatic carbocycles. The Hall–Kier alpha value is -2.78. The van der Waals surface area contributed by atoms with Crippen molar-refractivity contribution < 1.29 is 18.0 Å². The van der Waals surface area contributed by atoms with Crippen LogP contribution in [0.25, 0.3) is 0 Å². The average Bonchev–Trinajstić information content (AvgIpc) is 2.89. The fourth-order valence-corrected chi connectivity index (χ4v) is 6.42. The summed E-state index contributed by atoms with van der Waals surface area (Å²) in [6, 6.07) is 16.7. The molecule has 1 N–H and O–H groups in total. The third kappa shape index (κ3) is 8.38. The number of hydrogen-bond acceptors (Lipinski definition) is 4. The molecule has 0 saturated heterocycles. The molecule has 3 aromatic rings. The monoisotopic (exact) mass is 637 g/mol. The molecule has 0 radical (unpaired) electrons. The van der Waals surface area contributed by atoms with Crippen LogP contribution in [0.3, 0.4) is 0 Å². The highest BCUT2D eigenvalue weighted by Crippen LogP contribution is 2.30. The molecule has 220 valence electrons. The number of halogens is 3. The minimum absolute atomic E-state index is 0.0111. The molecular formula is C30H34Cl3N3O4S. The largest absolute Gasteiger partial charge is 0.350 e. The summed E-state index contributed by atoms with van der Waals surface area (Å²) in [7, 11) is -4.21. The fourth-order valence-electron chi connectivity index (χ4n) is 4.29. The summed E-state index contributed by atoms with van der Waals surface area (Å²) in [5.41, 5.74) is 0.860. The van der Waals surface area contributed by atoms with Crippen LogP contribution in [-0.4, -0.2) is 43.3 Å². The lowest BCUT2D eigenvalue weighted by molar-refractivity contribution is -0.141. The van der Waals surface area contributed by atoms with Gasteiger partial charge < -0.3 is 10.2 Å². The van der Waals surface area contributed by atoms with Gasteiger partial charge in [-0.1, -0.05) is 72.1 Å². The Morgan fingerprint density at radius 3 is 2.12 bits per heavy atom. The number of amides is 2. The van der Waals surface area contributed by atoms with Gasteiger partial charge in [-0.25, -0.2) is 8.42 Å². The van der Waals surface area contributed by atoms with Crippen LogP contribution in [0.2, 0.25) is 15.1 Å². The number of carbonyl (C=O) groups is 2. The van der Waals surface area contributed by atoms with E-state index in [9.17, 15) is 18.0 Å². The van der Waals surface area contributed by atoms with Crippen LogP contribution in [0.5, 0.6) is 0 Å². The lowest BCUT2D eigenvalue weighted by Crippen LogP contribution is -2.55. The molecule has 0 aromatic heterocycles. The van der Waals surface area contributed by atoms with Gasteiger partial charge in [-0.3, -0.25) is 13.9 Å². The van der Waals surface area contributed by atoms with Crippen LogP contribution < -0.4 is 9.62 Å². The number of rotatable bonds is 10. The van der Waals surface area contributed by atoms with E-state index in [2.05, 4.69) is 5.32 Å². The standard InChI is InChI=1S/C30H34Cl3N3O4S/c1-6-26(29(38)34-30(3,4)5)35(18-21-13-15-22(31)16-25(21)33)28(37)19-36(27-17-23(32)14-12-20(27)2)41(39,40)24-10-8-7-9-11-24/h7-17,26H,6,18-19H2,1-5H3,(H,34,38)/t26-/m1/s1. The molecule has 3 rings (SSSR count). The van der Waals surface area contributed by atoms with Crippen molar-refractivity contribution in [3.63, 3.8) is 0 Å². The number of sulfonamides is 1. The van der Waals surface area contributed by atoms with Gasteiger partial charge in [0.15, 0.2) is 0 Å². The minimum Gasteiger partial charge on any atom is -0.350 e. The van der Waals surface area contributed by atoms with E-state index >= 15 is 0 Å². The van der Waals surface area contributed by atoms with Crippen LogP contribution in [0.1, 0.15) is 45.2 Å². The highest BCUT2D eigenvalue weighted by Gasteiger charge is 2.35. The molecule has 0 bridgehead atoms. The van der Waals surface area contributed by atoms with Crippen LogP contribution in [-0.2, 0) is 26.2 Å². The maximum absolute atomic E-state index is 14.2. The van der Waals surface area contributed by atoms with Gasteiger partial charge in [0.05, 0.1) is 10.6 Å². The van der Waals surface area contributed by atoms with Gasteiger partial charge in [0.25, 0.3) is 10.0 Å². The van der Waals surface area contributed by atoms with Crippen LogP contribution in [0.4, 0.5) is 5.69 Å². The molecule has 2 amide bonds. The molecule has 0 spiro atoms. The molecule has 1 atom stereocenters. The number of nitrogens with zero attached hydrogens (tertiary/aromatic N) is 2. The Bertz CT molecular complexity index is 1510. The third-order valence-corrected chi connectivity index (χ3v) is 8.89. The first-order chi connectivity index (χ1) is 19.1. The second-order valence-electron chi connectivity index (χ2n) is 10.7. The van der Waals surface area contributed by atoms with Crippen molar-refractivity contribution >= 4 is 62.3 Å². The van der Waals surface area contributed by atoms with Gasteiger partial charge in [-0.05, 0) is 81.6 Å². The van der Waals surface area contributed by atoms with E-state index in [1.165, 1.54) is 23.1 Å². The van der Waals surface area contributed by atoms with Crippen LogP contribution in [0.15, 0.2) is 71.6 Å². The van der Waals surface area contributed by atoms with E-state index in [0.29, 0.717) is 26.2 Å². The Balaban J connectivity index is 2.13. The van der Waals surface area contributed by atoms with Gasteiger partial charge >= 0.3 is 0 Å². The van der Waals surface area contributed by atoms with Crippen molar-refractivity contribution in [3.8, 4) is 0 Å².